The van der Waals surface area contributed by atoms with Gasteiger partial charge in [0, 0.05) is 12.0 Å². The van der Waals surface area contributed by atoms with Gasteiger partial charge in [-0.3, -0.25) is 0 Å². The molecule has 3 fully saturated rings. The van der Waals surface area contributed by atoms with Crippen LogP contribution in [0.1, 0.15) is 25.7 Å². The molecule has 0 aromatic rings. The molecular weight excluding hydrogens is 172 g/mol. The molecule has 0 heterocycles. The number of aliphatic hydroxyl groups excluding tert-OH is 1. The van der Waals surface area contributed by atoms with Gasteiger partial charge in [0.2, 0.25) is 0 Å². The van der Waals surface area contributed by atoms with E-state index in [1.807, 2.05) is 0 Å². The summed E-state index contributed by atoms with van der Waals surface area (Å²) >= 11 is 0. The predicted octanol–water partition coefficient (Wildman–Crippen LogP) is 2.28. The van der Waals surface area contributed by atoms with Crippen LogP contribution in [0.5, 0.6) is 0 Å². The Morgan fingerprint density at radius 2 is 1.86 bits per heavy atom. The number of allylic oxidation sites excluding steroid dienone is 4. The fourth-order valence-electron chi connectivity index (χ4n) is 4.00. The summed E-state index contributed by atoms with van der Waals surface area (Å²) in [6, 6.07) is 0. The number of fused-ring (bicyclic) bond motifs is 5. The van der Waals surface area contributed by atoms with E-state index in [2.05, 4.69) is 12.2 Å². The molecule has 3 atom stereocenters. The lowest BCUT2D eigenvalue weighted by Gasteiger charge is -2.13. The molecule has 0 aliphatic heterocycles. The number of rotatable bonds is 1. The third-order valence-electron chi connectivity index (χ3n) is 4.91. The van der Waals surface area contributed by atoms with Gasteiger partial charge >= 0.3 is 0 Å². The zero-order valence-corrected chi connectivity index (χ0v) is 8.37. The molecule has 0 aromatic heterocycles. The molecular formula is C13H16O. The van der Waals surface area contributed by atoms with E-state index in [4.69, 9.17) is 0 Å². The van der Waals surface area contributed by atoms with Crippen molar-refractivity contribution in [3.8, 4) is 0 Å². The van der Waals surface area contributed by atoms with E-state index in [1.54, 1.807) is 11.1 Å². The third-order valence-corrected chi connectivity index (χ3v) is 4.91. The van der Waals surface area contributed by atoms with E-state index in [0.717, 1.165) is 11.8 Å². The zero-order chi connectivity index (χ0) is 9.34. The molecule has 4 aliphatic rings. The topological polar surface area (TPSA) is 20.2 Å². The first-order valence-electron chi connectivity index (χ1n) is 5.89. The lowest BCUT2D eigenvalue weighted by atomic mass is 9.92. The Morgan fingerprint density at radius 3 is 2.36 bits per heavy atom. The summed E-state index contributed by atoms with van der Waals surface area (Å²) in [5, 5.41) is 9.18. The summed E-state index contributed by atoms with van der Waals surface area (Å²) < 4.78 is 0. The molecule has 3 saturated carbocycles. The van der Waals surface area contributed by atoms with E-state index < -0.39 is 0 Å². The van der Waals surface area contributed by atoms with Gasteiger partial charge in [-0.25, -0.2) is 0 Å². The molecule has 3 unspecified atom stereocenters. The largest absolute Gasteiger partial charge is 0.396 e. The van der Waals surface area contributed by atoms with Crippen molar-refractivity contribution in [2.24, 2.45) is 23.2 Å². The van der Waals surface area contributed by atoms with E-state index in [-0.39, 0.29) is 0 Å². The molecule has 1 heteroatoms. The molecule has 1 nitrogen and oxygen atoms in total. The van der Waals surface area contributed by atoms with Crippen LogP contribution < -0.4 is 0 Å². The van der Waals surface area contributed by atoms with Crippen LogP contribution in [0.25, 0.3) is 0 Å². The number of aliphatic hydroxyl groups is 1. The van der Waals surface area contributed by atoms with Crippen molar-refractivity contribution in [2.75, 3.05) is 6.61 Å². The highest BCUT2D eigenvalue weighted by Gasteiger charge is 2.56. The molecule has 1 N–H and O–H groups in total. The number of hydrogen-bond acceptors (Lipinski definition) is 1. The van der Waals surface area contributed by atoms with Crippen LogP contribution in [-0.2, 0) is 0 Å². The Hall–Kier alpha value is -0.560. The predicted molar refractivity (Wildman–Crippen MR) is 54.6 cm³/mol. The van der Waals surface area contributed by atoms with Crippen molar-refractivity contribution in [1.29, 1.82) is 0 Å². The first-order valence-corrected chi connectivity index (χ1v) is 5.89. The Bertz CT molecular complexity index is 337. The first-order chi connectivity index (χ1) is 6.82. The van der Waals surface area contributed by atoms with Crippen LogP contribution in [0.3, 0.4) is 0 Å². The van der Waals surface area contributed by atoms with E-state index in [0.29, 0.717) is 17.9 Å². The van der Waals surface area contributed by atoms with Crippen molar-refractivity contribution in [3.05, 3.63) is 23.3 Å². The van der Waals surface area contributed by atoms with Gasteiger partial charge in [0.15, 0.2) is 0 Å². The molecule has 0 saturated heterocycles. The fourth-order valence-corrected chi connectivity index (χ4v) is 4.00. The maximum absolute atomic E-state index is 9.18. The maximum Gasteiger partial charge on any atom is 0.0471 e. The smallest absolute Gasteiger partial charge is 0.0471 e. The molecule has 4 rings (SSSR count). The summed E-state index contributed by atoms with van der Waals surface area (Å²) in [5.74, 6) is 2.34. The third kappa shape index (κ3) is 0.726. The highest BCUT2D eigenvalue weighted by molar-refractivity contribution is 5.53. The average molecular weight is 188 g/mol. The first kappa shape index (κ1) is 7.70. The standard InChI is InChI=1S/C13H16O/c14-7-10-4-13(10)5-11-8-1-2-9(3-8)12(11)6-13/h5-6,8-10,14H,1-4,7H2. The van der Waals surface area contributed by atoms with E-state index in [1.165, 1.54) is 25.7 Å². The zero-order valence-electron chi connectivity index (χ0n) is 8.37. The molecule has 14 heavy (non-hydrogen) atoms. The normalized spacial score (nSPS) is 52.2. The van der Waals surface area contributed by atoms with Crippen molar-refractivity contribution in [1.82, 2.24) is 0 Å². The van der Waals surface area contributed by atoms with Gasteiger partial charge in [-0.05, 0) is 54.6 Å². The van der Waals surface area contributed by atoms with Crippen molar-refractivity contribution < 1.29 is 5.11 Å². The summed E-state index contributed by atoms with van der Waals surface area (Å²) in [5.41, 5.74) is 3.69. The Morgan fingerprint density at radius 1 is 1.21 bits per heavy atom. The van der Waals surface area contributed by atoms with Gasteiger partial charge in [-0.15, -0.1) is 0 Å². The summed E-state index contributed by atoms with van der Waals surface area (Å²) in [7, 11) is 0. The van der Waals surface area contributed by atoms with Gasteiger partial charge in [-0.1, -0.05) is 12.2 Å². The molecule has 74 valence electrons. The van der Waals surface area contributed by atoms with Crippen LogP contribution in [0.2, 0.25) is 0 Å². The van der Waals surface area contributed by atoms with Crippen molar-refractivity contribution in [2.45, 2.75) is 25.7 Å². The van der Waals surface area contributed by atoms with Crippen molar-refractivity contribution in [3.63, 3.8) is 0 Å². The molecule has 4 aliphatic carbocycles. The lowest BCUT2D eigenvalue weighted by molar-refractivity contribution is 0.266. The summed E-state index contributed by atoms with van der Waals surface area (Å²) in [4.78, 5) is 0. The Labute approximate surface area is 84.5 Å². The summed E-state index contributed by atoms with van der Waals surface area (Å²) in [6.07, 6.45) is 10.5. The van der Waals surface area contributed by atoms with Crippen LogP contribution in [0.15, 0.2) is 23.3 Å². The average Bonchev–Trinajstić information content (AvgIpc) is 2.58. The fraction of sp³-hybridized carbons (Fsp3) is 0.692. The van der Waals surface area contributed by atoms with Gasteiger partial charge in [0.05, 0.1) is 0 Å². The van der Waals surface area contributed by atoms with Crippen LogP contribution in [0.4, 0.5) is 0 Å². The molecule has 2 bridgehead atoms. The minimum atomic E-state index is 0.334. The highest BCUT2D eigenvalue weighted by Crippen LogP contribution is 2.65. The SMILES string of the molecule is OCC1CC12C=C1C(=C2)C2CCC1C2. The van der Waals surface area contributed by atoms with Crippen LogP contribution in [0, 0.1) is 23.2 Å². The maximum atomic E-state index is 9.18. The van der Waals surface area contributed by atoms with Gasteiger partial charge in [0.25, 0.3) is 0 Å². The molecule has 0 amide bonds. The molecule has 0 radical (unpaired) electrons. The van der Waals surface area contributed by atoms with Crippen molar-refractivity contribution >= 4 is 0 Å². The van der Waals surface area contributed by atoms with Crippen LogP contribution in [-0.4, -0.2) is 11.7 Å². The monoisotopic (exact) mass is 188 g/mol. The molecule has 1 spiro atoms. The second kappa shape index (κ2) is 2.16. The Balaban J connectivity index is 1.76. The second-order valence-corrected chi connectivity index (χ2v) is 5.60. The minimum absolute atomic E-state index is 0.334. The summed E-state index contributed by atoms with van der Waals surface area (Å²) in [6.45, 7) is 0.378. The minimum Gasteiger partial charge on any atom is -0.396 e. The highest BCUT2D eigenvalue weighted by atomic mass is 16.3. The second-order valence-electron chi connectivity index (χ2n) is 5.60. The molecule has 0 aromatic carbocycles. The van der Waals surface area contributed by atoms with Gasteiger partial charge in [-0.2, -0.15) is 0 Å². The Kier molecular flexibility index (Phi) is 1.19. The van der Waals surface area contributed by atoms with E-state index >= 15 is 0 Å². The van der Waals surface area contributed by atoms with Gasteiger partial charge < -0.3 is 5.11 Å². The van der Waals surface area contributed by atoms with Crippen LogP contribution >= 0.6 is 0 Å². The quantitative estimate of drug-likeness (QED) is 0.669. The number of hydrogen-bond donors (Lipinski definition) is 1. The van der Waals surface area contributed by atoms with Gasteiger partial charge in [0.1, 0.15) is 0 Å². The lowest BCUT2D eigenvalue weighted by Crippen LogP contribution is -1.99. The van der Waals surface area contributed by atoms with E-state index in [9.17, 15) is 5.11 Å².